The predicted molar refractivity (Wildman–Crippen MR) is 115 cm³/mol. The predicted octanol–water partition coefficient (Wildman–Crippen LogP) is 3.71. The monoisotopic (exact) mass is 472 g/mol. The molecule has 0 aliphatic rings. The standard InChI is InChI=1S/C22H19F3N6O3/c1-3-12-8-13(34-30-12)10-31-11(2)18(19(29-31)22(23,24)25)28-21(33)17-9-15(20(26)32)14-6-4-5-7-16(14)27-17/h4-9H,3,10H2,1-2H3,(H2,26,32)(H,28,33). The van der Waals surface area contributed by atoms with Gasteiger partial charge in [-0.15, -0.1) is 0 Å². The zero-order chi connectivity index (χ0) is 24.6. The number of carbonyl (C=O) groups is 2. The lowest BCUT2D eigenvalue weighted by Gasteiger charge is -2.10. The highest BCUT2D eigenvalue weighted by atomic mass is 19.4. The fourth-order valence-electron chi connectivity index (χ4n) is 3.47. The molecular weight excluding hydrogens is 453 g/mol. The number of carbonyl (C=O) groups excluding carboxylic acids is 2. The molecule has 3 heterocycles. The Morgan fingerprint density at radius 1 is 1.21 bits per heavy atom. The molecule has 176 valence electrons. The molecule has 0 saturated heterocycles. The van der Waals surface area contributed by atoms with E-state index in [1.54, 1.807) is 30.3 Å². The van der Waals surface area contributed by atoms with Gasteiger partial charge in [0, 0.05) is 11.5 Å². The number of nitrogens with one attached hydrogen (secondary N) is 1. The number of aryl methyl sites for hydroxylation is 1. The van der Waals surface area contributed by atoms with Crippen molar-refractivity contribution in [1.82, 2.24) is 19.9 Å². The topological polar surface area (TPSA) is 129 Å². The Labute approximate surface area is 190 Å². The van der Waals surface area contributed by atoms with Gasteiger partial charge in [0.1, 0.15) is 12.2 Å². The van der Waals surface area contributed by atoms with Gasteiger partial charge in [0.25, 0.3) is 5.91 Å². The molecule has 3 N–H and O–H groups in total. The van der Waals surface area contributed by atoms with E-state index in [1.807, 2.05) is 6.92 Å². The SMILES string of the molecule is CCc1cc(Cn2nc(C(F)(F)F)c(NC(=O)c3cc(C(N)=O)c4ccccc4n3)c2C)on1. The minimum absolute atomic E-state index is 0.0243. The zero-order valence-corrected chi connectivity index (χ0v) is 18.1. The lowest BCUT2D eigenvalue weighted by Crippen LogP contribution is -2.19. The Hall–Kier alpha value is -4.22. The Bertz CT molecular complexity index is 1410. The van der Waals surface area contributed by atoms with Crippen LogP contribution in [0.25, 0.3) is 10.9 Å². The van der Waals surface area contributed by atoms with Crippen LogP contribution in [0.15, 0.2) is 40.9 Å². The average Bonchev–Trinajstić information content (AvgIpc) is 3.37. The van der Waals surface area contributed by atoms with E-state index in [2.05, 4.69) is 20.6 Å². The molecule has 0 aliphatic heterocycles. The number of benzene rings is 1. The summed E-state index contributed by atoms with van der Waals surface area (Å²) in [5, 5.41) is 10.1. The molecule has 0 radical (unpaired) electrons. The number of halogens is 3. The van der Waals surface area contributed by atoms with Crippen molar-refractivity contribution in [3.05, 3.63) is 70.5 Å². The van der Waals surface area contributed by atoms with Crippen LogP contribution in [0.3, 0.4) is 0 Å². The van der Waals surface area contributed by atoms with E-state index < -0.39 is 29.4 Å². The number of aromatic nitrogens is 4. The van der Waals surface area contributed by atoms with Crippen molar-refractivity contribution in [1.29, 1.82) is 0 Å². The van der Waals surface area contributed by atoms with Gasteiger partial charge in [-0.1, -0.05) is 30.3 Å². The maximum absolute atomic E-state index is 13.7. The minimum atomic E-state index is -4.84. The zero-order valence-electron chi connectivity index (χ0n) is 18.1. The molecule has 0 spiro atoms. The van der Waals surface area contributed by atoms with Gasteiger partial charge in [0.15, 0.2) is 11.5 Å². The summed E-state index contributed by atoms with van der Waals surface area (Å²) >= 11 is 0. The molecule has 9 nitrogen and oxygen atoms in total. The molecule has 34 heavy (non-hydrogen) atoms. The van der Waals surface area contributed by atoms with Crippen molar-refractivity contribution >= 4 is 28.4 Å². The van der Waals surface area contributed by atoms with Crippen molar-refractivity contribution in [3.63, 3.8) is 0 Å². The summed E-state index contributed by atoms with van der Waals surface area (Å²) < 4.78 is 47.4. The molecule has 4 rings (SSSR count). The lowest BCUT2D eigenvalue weighted by molar-refractivity contribution is -0.140. The third-order valence-electron chi connectivity index (χ3n) is 5.20. The van der Waals surface area contributed by atoms with E-state index in [0.717, 1.165) is 10.7 Å². The Morgan fingerprint density at radius 3 is 2.59 bits per heavy atom. The van der Waals surface area contributed by atoms with E-state index in [0.29, 0.717) is 28.8 Å². The van der Waals surface area contributed by atoms with Crippen LogP contribution in [-0.4, -0.2) is 31.7 Å². The Balaban J connectivity index is 1.72. The van der Waals surface area contributed by atoms with Crippen LogP contribution >= 0.6 is 0 Å². The van der Waals surface area contributed by atoms with E-state index in [9.17, 15) is 22.8 Å². The van der Waals surface area contributed by atoms with Crippen LogP contribution in [0.4, 0.5) is 18.9 Å². The quantitative estimate of drug-likeness (QED) is 0.440. The van der Waals surface area contributed by atoms with Crippen LogP contribution in [-0.2, 0) is 19.1 Å². The van der Waals surface area contributed by atoms with Crippen LogP contribution < -0.4 is 11.1 Å². The van der Waals surface area contributed by atoms with Crippen LogP contribution in [0.5, 0.6) is 0 Å². The minimum Gasteiger partial charge on any atom is -0.366 e. The number of pyridine rings is 1. The highest BCUT2D eigenvalue weighted by molar-refractivity contribution is 6.10. The second-order valence-electron chi connectivity index (χ2n) is 7.49. The third-order valence-corrected chi connectivity index (χ3v) is 5.20. The first-order valence-corrected chi connectivity index (χ1v) is 10.2. The van der Waals surface area contributed by atoms with Crippen molar-refractivity contribution in [2.24, 2.45) is 5.73 Å². The van der Waals surface area contributed by atoms with E-state index >= 15 is 0 Å². The second-order valence-corrected chi connectivity index (χ2v) is 7.49. The molecule has 0 fully saturated rings. The number of para-hydroxylation sites is 1. The first-order valence-electron chi connectivity index (χ1n) is 10.2. The number of hydrogen-bond donors (Lipinski definition) is 2. The fraction of sp³-hybridized carbons (Fsp3) is 0.227. The number of amides is 2. The van der Waals surface area contributed by atoms with Crippen molar-refractivity contribution in [2.75, 3.05) is 5.32 Å². The molecule has 0 atom stereocenters. The summed E-state index contributed by atoms with van der Waals surface area (Å²) in [5.41, 5.74) is 4.37. The average molecular weight is 472 g/mol. The van der Waals surface area contributed by atoms with E-state index in [-0.39, 0.29) is 23.5 Å². The highest BCUT2D eigenvalue weighted by Crippen LogP contribution is 2.36. The van der Waals surface area contributed by atoms with Gasteiger partial charge in [-0.05, 0) is 25.5 Å². The van der Waals surface area contributed by atoms with Crippen molar-refractivity contribution < 1.29 is 27.3 Å². The van der Waals surface area contributed by atoms with Gasteiger partial charge in [-0.3, -0.25) is 14.3 Å². The van der Waals surface area contributed by atoms with E-state index in [1.165, 1.54) is 6.92 Å². The molecule has 3 aromatic heterocycles. The molecule has 0 saturated carbocycles. The summed E-state index contributed by atoms with van der Waals surface area (Å²) in [6.45, 7) is 3.14. The number of anilines is 1. The first-order chi connectivity index (χ1) is 16.1. The summed E-state index contributed by atoms with van der Waals surface area (Å²) in [4.78, 5) is 29.0. The molecule has 4 aromatic rings. The summed E-state index contributed by atoms with van der Waals surface area (Å²) in [7, 11) is 0. The molecule has 2 amide bonds. The number of nitrogens with two attached hydrogens (primary N) is 1. The maximum Gasteiger partial charge on any atom is 0.437 e. The van der Waals surface area contributed by atoms with Crippen molar-refractivity contribution in [3.8, 4) is 0 Å². The number of fused-ring (bicyclic) bond motifs is 1. The molecule has 0 bridgehead atoms. The number of alkyl halides is 3. The maximum atomic E-state index is 13.7. The van der Waals surface area contributed by atoms with Gasteiger partial charge in [0.05, 0.1) is 28.2 Å². The number of primary amides is 1. The molecule has 0 unspecified atom stereocenters. The lowest BCUT2D eigenvalue weighted by atomic mass is 10.1. The van der Waals surface area contributed by atoms with Gasteiger partial charge >= 0.3 is 6.18 Å². The fourth-order valence-corrected chi connectivity index (χ4v) is 3.47. The summed E-state index contributed by atoms with van der Waals surface area (Å²) in [5.74, 6) is -1.43. The Morgan fingerprint density at radius 2 is 1.94 bits per heavy atom. The van der Waals surface area contributed by atoms with Crippen LogP contribution in [0.1, 0.15) is 50.6 Å². The summed E-state index contributed by atoms with van der Waals surface area (Å²) in [6.07, 6.45) is -4.24. The number of nitrogens with zero attached hydrogens (tertiary/aromatic N) is 4. The van der Waals surface area contributed by atoms with Gasteiger partial charge < -0.3 is 15.6 Å². The second kappa shape index (κ2) is 8.61. The van der Waals surface area contributed by atoms with Crippen LogP contribution in [0.2, 0.25) is 0 Å². The highest BCUT2D eigenvalue weighted by Gasteiger charge is 2.39. The largest absolute Gasteiger partial charge is 0.437 e. The van der Waals surface area contributed by atoms with Crippen molar-refractivity contribution in [2.45, 2.75) is 33.0 Å². The summed E-state index contributed by atoms with van der Waals surface area (Å²) in [6, 6.07) is 9.25. The smallest absolute Gasteiger partial charge is 0.366 e. The third kappa shape index (κ3) is 4.34. The molecule has 12 heteroatoms. The van der Waals surface area contributed by atoms with E-state index in [4.69, 9.17) is 10.3 Å². The number of rotatable bonds is 6. The van der Waals surface area contributed by atoms with Gasteiger partial charge in [-0.25, -0.2) is 4.98 Å². The van der Waals surface area contributed by atoms with Crippen LogP contribution in [0, 0.1) is 6.92 Å². The Kier molecular flexibility index (Phi) is 5.82. The molecular formula is C22H19F3N6O3. The van der Waals surface area contributed by atoms with Gasteiger partial charge in [-0.2, -0.15) is 18.3 Å². The number of hydrogen-bond acceptors (Lipinski definition) is 6. The normalized spacial score (nSPS) is 11.7. The molecule has 1 aromatic carbocycles. The van der Waals surface area contributed by atoms with Gasteiger partial charge in [0.2, 0.25) is 5.91 Å². The first kappa shape index (κ1) is 23.0. The molecule has 0 aliphatic carbocycles.